The first kappa shape index (κ1) is 14.1. The molecule has 0 radical (unpaired) electrons. The number of halogens is 3. The Hall–Kier alpha value is 0.01000. The Labute approximate surface area is 112 Å². The van der Waals surface area contributed by atoms with Crippen molar-refractivity contribution in [2.45, 2.75) is 19.0 Å². The third-order valence-electron chi connectivity index (χ3n) is 2.75. The van der Waals surface area contributed by atoms with Crippen molar-refractivity contribution in [2.75, 3.05) is 13.1 Å². The number of hydrogen-bond donors (Lipinski definition) is 1. The van der Waals surface area contributed by atoms with Gasteiger partial charge in [0.25, 0.3) is 0 Å². The Balaban J connectivity index is 0.00000128. The highest BCUT2D eigenvalue weighted by molar-refractivity contribution is 6.35. The Bertz CT molecular complexity index is 337. The van der Waals surface area contributed by atoms with Crippen LogP contribution >= 0.6 is 35.6 Å². The molecule has 0 saturated carbocycles. The van der Waals surface area contributed by atoms with Crippen molar-refractivity contribution >= 4 is 35.6 Å². The summed E-state index contributed by atoms with van der Waals surface area (Å²) < 4.78 is 0. The summed E-state index contributed by atoms with van der Waals surface area (Å²) in [6.45, 7) is 2.76. The van der Waals surface area contributed by atoms with Crippen LogP contribution in [0.2, 0.25) is 10.0 Å². The number of likely N-dealkylation sites (tertiary alicyclic amines) is 1. The highest BCUT2D eigenvalue weighted by Crippen LogP contribution is 2.26. The van der Waals surface area contributed by atoms with Crippen molar-refractivity contribution in [3.63, 3.8) is 0 Å². The average Bonchev–Trinajstić information content (AvgIpc) is 2.58. The van der Waals surface area contributed by atoms with Gasteiger partial charge in [-0.05, 0) is 18.6 Å². The lowest BCUT2D eigenvalue weighted by Crippen LogP contribution is -2.26. The smallest absolute Gasteiger partial charge is 0.0465 e. The minimum atomic E-state index is 0. The summed E-state index contributed by atoms with van der Waals surface area (Å²) in [5.74, 6) is 0. The highest BCUT2D eigenvalue weighted by Gasteiger charge is 2.20. The molecule has 90 valence electrons. The summed E-state index contributed by atoms with van der Waals surface area (Å²) in [6, 6.07) is 5.91. The highest BCUT2D eigenvalue weighted by atomic mass is 35.5. The predicted octanol–water partition coefficient (Wildman–Crippen LogP) is 2.95. The van der Waals surface area contributed by atoms with E-state index in [4.69, 9.17) is 28.9 Å². The van der Waals surface area contributed by atoms with Crippen LogP contribution in [0.25, 0.3) is 0 Å². The van der Waals surface area contributed by atoms with Crippen molar-refractivity contribution in [2.24, 2.45) is 5.73 Å². The van der Waals surface area contributed by atoms with Crippen molar-refractivity contribution < 1.29 is 0 Å². The van der Waals surface area contributed by atoms with Gasteiger partial charge in [-0.15, -0.1) is 12.4 Å². The fourth-order valence-electron chi connectivity index (χ4n) is 1.91. The van der Waals surface area contributed by atoms with Gasteiger partial charge in [0.2, 0.25) is 0 Å². The summed E-state index contributed by atoms with van der Waals surface area (Å²) in [6.07, 6.45) is 1.06. The molecule has 1 atom stereocenters. The molecule has 1 aliphatic heterocycles. The van der Waals surface area contributed by atoms with Crippen molar-refractivity contribution in [3.8, 4) is 0 Å². The van der Waals surface area contributed by atoms with Gasteiger partial charge in [0.1, 0.15) is 0 Å². The fourth-order valence-corrected chi connectivity index (χ4v) is 2.43. The maximum Gasteiger partial charge on any atom is 0.0465 e. The van der Waals surface area contributed by atoms with E-state index in [1.165, 1.54) is 0 Å². The molecule has 2 rings (SSSR count). The number of nitrogens with two attached hydrogens (primary N) is 1. The zero-order chi connectivity index (χ0) is 10.8. The van der Waals surface area contributed by atoms with Crippen LogP contribution in [0.3, 0.4) is 0 Å². The second-order valence-electron chi connectivity index (χ2n) is 3.98. The average molecular weight is 282 g/mol. The molecular formula is C11H15Cl3N2. The molecule has 0 aliphatic carbocycles. The summed E-state index contributed by atoms with van der Waals surface area (Å²) in [5, 5.41) is 1.48. The lowest BCUT2D eigenvalue weighted by atomic mass is 10.2. The molecule has 16 heavy (non-hydrogen) atoms. The summed E-state index contributed by atoms with van der Waals surface area (Å²) in [4.78, 5) is 2.29. The maximum absolute atomic E-state index is 6.10. The number of nitrogens with zero attached hydrogens (tertiary/aromatic N) is 1. The largest absolute Gasteiger partial charge is 0.326 e. The van der Waals surface area contributed by atoms with Crippen LogP contribution in [-0.4, -0.2) is 24.0 Å². The molecule has 0 amide bonds. The van der Waals surface area contributed by atoms with Crippen LogP contribution < -0.4 is 5.73 Å². The van der Waals surface area contributed by atoms with E-state index in [9.17, 15) is 0 Å². The van der Waals surface area contributed by atoms with Crippen LogP contribution in [0.4, 0.5) is 0 Å². The lowest BCUT2D eigenvalue weighted by molar-refractivity contribution is 0.327. The molecule has 1 aromatic rings. The molecule has 2 N–H and O–H groups in total. The molecule has 2 nitrogen and oxygen atoms in total. The van der Waals surface area contributed by atoms with E-state index in [-0.39, 0.29) is 12.4 Å². The number of rotatable bonds is 2. The molecular weight excluding hydrogens is 266 g/mol. The fraction of sp³-hybridized carbons (Fsp3) is 0.455. The molecule has 0 bridgehead atoms. The van der Waals surface area contributed by atoms with Crippen LogP contribution in [0.5, 0.6) is 0 Å². The quantitative estimate of drug-likeness (QED) is 0.903. The number of benzene rings is 1. The topological polar surface area (TPSA) is 29.3 Å². The van der Waals surface area contributed by atoms with Gasteiger partial charge in [-0.3, -0.25) is 4.90 Å². The van der Waals surface area contributed by atoms with E-state index in [1.54, 1.807) is 0 Å². The lowest BCUT2D eigenvalue weighted by Gasteiger charge is -2.16. The second-order valence-corrected chi connectivity index (χ2v) is 4.80. The van der Waals surface area contributed by atoms with Crippen LogP contribution in [-0.2, 0) is 6.54 Å². The molecule has 0 unspecified atom stereocenters. The molecule has 1 heterocycles. The monoisotopic (exact) mass is 280 g/mol. The first-order valence-corrected chi connectivity index (χ1v) is 5.83. The molecule has 5 heteroatoms. The molecule has 0 aromatic heterocycles. The van der Waals surface area contributed by atoms with Gasteiger partial charge in [0.15, 0.2) is 0 Å². The minimum absolute atomic E-state index is 0. The molecule has 1 aromatic carbocycles. The third-order valence-corrected chi connectivity index (χ3v) is 3.46. The second kappa shape index (κ2) is 6.08. The van der Waals surface area contributed by atoms with E-state index in [2.05, 4.69) is 4.90 Å². The number of hydrogen-bond acceptors (Lipinski definition) is 2. The van der Waals surface area contributed by atoms with Crippen LogP contribution in [0, 0.1) is 0 Å². The van der Waals surface area contributed by atoms with Gasteiger partial charge in [0, 0.05) is 41.3 Å². The van der Waals surface area contributed by atoms with Crippen molar-refractivity contribution in [1.29, 1.82) is 0 Å². The Morgan fingerprint density at radius 2 is 1.94 bits per heavy atom. The van der Waals surface area contributed by atoms with Crippen LogP contribution in [0.15, 0.2) is 18.2 Å². The van der Waals surface area contributed by atoms with E-state index in [0.29, 0.717) is 6.04 Å². The van der Waals surface area contributed by atoms with E-state index < -0.39 is 0 Å². The molecule has 1 saturated heterocycles. The summed E-state index contributed by atoms with van der Waals surface area (Å²) in [5.41, 5.74) is 6.86. The van der Waals surface area contributed by atoms with Gasteiger partial charge in [0.05, 0.1) is 0 Å². The van der Waals surface area contributed by atoms with Gasteiger partial charge < -0.3 is 5.73 Å². The van der Waals surface area contributed by atoms with Crippen molar-refractivity contribution in [1.82, 2.24) is 4.90 Å². The first-order valence-electron chi connectivity index (χ1n) is 5.07. The SMILES string of the molecule is Cl.N[C@@H]1CCN(Cc2c(Cl)cccc2Cl)C1. The maximum atomic E-state index is 6.10. The zero-order valence-electron chi connectivity index (χ0n) is 8.83. The zero-order valence-corrected chi connectivity index (χ0v) is 11.2. The third kappa shape index (κ3) is 3.25. The van der Waals surface area contributed by atoms with Crippen LogP contribution in [0.1, 0.15) is 12.0 Å². The summed E-state index contributed by atoms with van der Waals surface area (Å²) in [7, 11) is 0. The molecule has 0 spiro atoms. The first-order chi connectivity index (χ1) is 7.16. The van der Waals surface area contributed by atoms with Crippen molar-refractivity contribution in [3.05, 3.63) is 33.8 Å². The van der Waals surface area contributed by atoms with E-state index in [0.717, 1.165) is 41.7 Å². The predicted molar refractivity (Wildman–Crippen MR) is 71.6 cm³/mol. The normalized spacial score (nSPS) is 20.8. The minimum Gasteiger partial charge on any atom is -0.326 e. The van der Waals surface area contributed by atoms with E-state index in [1.807, 2.05) is 18.2 Å². The standard InChI is InChI=1S/C11H14Cl2N2.ClH/c12-10-2-1-3-11(13)9(10)7-15-5-4-8(14)6-15;/h1-3,8H,4-7,14H2;1H/t8-;/m1./s1. The van der Waals surface area contributed by atoms with Gasteiger partial charge in [-0.25, -0.2) is 0 Å². The molecule has 1 aliphatic rings. The Kier molecular flexibility index (Phi) is 5.35. The molecule has 1 fully saturated rings. The van der Waals surface area contributed by atoms with Gasteiger partial charge in [-0.2, -0.15) is 0 Å². The van der Waals surface area contributed by atoms with E-state index >= 15 is 0 Å². The summed E-state index contributed by atoms with van der Waals surface area (Å²) >= 11 is 12.2. The Morgan fingerprint density at radius 3 is 2.44 bits per heavy atom. The van der Waals surface area contributed by atoms with Gasteiger partial charge in [-0.1, -0.05) is 29.3 Å². The Morgan fingerprint density at radius 1 is 1.31 bits per heavy atom. The van der Waals surface area contributed by atoms with Gasteiger partial charge >= 0.3 is 0 Å².